The second-order valence-electron chi connectivity index (χ2n) is 16.8. The average Bonchev–Trinajstić information content (AvgIpc) is 3.30. The van der Waals surface area contributed by atoms with Crippen molar-refractivity contribution in [2.24, 2.45) is 0 Å². The second-order valence-corrected chi connectivity index (χ2v) is 16.8. The SMILES string of the molecule is CC\C=C/C=C\C=C/C=C\CCCCCCCC(=O)OCC(COC(=O)CC/C=C\C/C=C\C/C=C\C/C=C\C/C=C\CC)OC(=O)CCCCCCC/C=C\CCCCCCCCC. The fourth-order valence-corrected chi connectivity index (χ4v) is 6.67. The molecule has 0 bridgehead atoms. The summed E-state index contributed by atoms with van der Waals surface area (Å²) in [7, 11) is 0. The maximum Gasteiger partial charge on any atom is 0.306 e. The van der Waals surface area contributed by atoms with E-state index in [0.29, 0.717) is 19.3 Å². The van der Waals surface area contributed by atoms with Crippen LogP contribution in [0.4, 0.5) is 0 Å². The average molecular weight is 899 g/mol. The summed E-state index contributed by atoms with van der Waals surface area (Å²) >= 11 is 0. The molecule has 0 fully saturated rings. The molecule has 0 spiro atoms. The summed E-state index contributed by atoms with van der Waals surface area (Å²) in [5.74, 6) is -1.04. The summed E-state index contributed by atoms with van der Waals surface area (Å²) in [4.78, 5) is 38.0. The largest absolute Gasteiger partial charge is 0.462 e. The van der Waals surface area contributed by atoms with Gasteiger partial charge in [-0.3, -0.25) is 14.4 Å². The first-order valence-electron chi connectivity index (χ1n) is 26.1. The highest BCUT2D eigenvalue weighted by Gasteiger charge is 2.19. The number of carbonyl (C=O) groups is 3. The van der Waals surface area contributed by atoms with Gasteiger partial charge in [-0.1, -0.05) is 219 Å². The maximum atomic E-state index is 12.8. The molecule has 0 aromatic rings. The third-order valence-corrected chi connectivity index (χ3v) is 10.5. The summed E-state index contributed by atoms with van der Waals surface area (Å²) < 4.78 is 16.7. The van der Waals surface area contributed by atoms with Crippen molar-refractivity contribution in [3.8, 4) is 0 Å². The first-order chi connectivity index (χ1) is 32.0. The minimum Gasteiger partial charge on any atom is -0.462 e. The zero-order chi connectivity index (χ0) is 47.2. The van der Waals surface area contributed by atoms with Gasteiger partial charge in [0.25, 0.3) is 0 Å². The van der Waals surface area contributed by atoms with E-state index < -0.39 is 6.10 Å². The highest BCUT2D eigenvalue weighted by atomic mass is 16.6. The summed E-state index contributed by atoms with van der Waals surface area (Å²) in [6, 6.07) is 0. The van der Waals surface area contributed by atoms with Crippen LogP contribution in [0, 0.1) is 0 Å². The molecule has 0 radical (unpaired) electrons. The molecule has 0 rings (SSSR count). The van der Waals surface area contributed by atoms with Crippen LogP contribution in [-0.2, 0) is 28.6 Å². The minimum absolute atomic E-state index is 0.120. The van der Waals surface area contributed by atoms with Crippen LogP contribution in [-0.4, -0.2) is 37.2 Å². The Labute approximate surface area is 399 Å². The number of hydrogen-bond donors (Lipinski definition) is 0. The third kappa shape index (κ3) is 50.7. The number of ether oxygens (including phenoxy) is 3. The first-order valence-corrected chi connectivity index (χ1v) is 26.1. The Balaban J connectivity index is 4.57. The Bertz CT molecular complexity index is 1400. The minimum atomic E-state index is -0.825. The van der Waals surface area contributed by atoms with Gasteiger partial charge in [0.1, 0.15) is 13.2 Å². The summed E-state index contributed by atoms with van der Waals surface area (Å²) in [6.07, 6.45) is 71.9. The lowest BCUT2D eigenvalue weighted by Gasteiger charge is -2.18. The van der Waals surface area contributed by atoms with Gasteiger partial charge in [0.05, 0.1) is 0 Å². The molecule has 0 heterocycles. The van der Waals surface area contributed by atoms with E-state index in [-0.39, 0.29) is 37.5 Å². The number of rotatable bonds is 45. The van der Waals surface area contributed by atoms with Crippen LogP contribution in [0.2, 0.25) is 0 Å². The summed E-state index contributed by atoms with van der Waals surface area (Å²) in [6.45, 7) is 6.28. The molecule has 0 N–H and O–H groups in total. The van der Waals surface area contributed by atoms with Crippen molar-refractivity contribution in [3.63, 3.8) is 0 Å². The van der Waals surface area contributed by atoms with E-state index >= 15 is 0 Å². The zero-order valence-electron chi connectivity index (χ0n) is 41.7. The van der Waals surface area contributed by atoms with Gasteiger partial charge in [-0.25, -0.2) is 0 Å². The lowest BCUT2D eigenvalue weighted by molar-refractivity contribution is -0.166. The van der Waals surface area contributed by atoms with Gasteiger partial charge in [0, 0.05) is 19.3 Å². The van der Waals surface area contributed by atoms with Gasteiger partial charge in [-0.15, -0.1) is 0 Å². The molecule has 6 heteroatoms. The lowest BCUT2D eigenvalue weighted by atomic mass is 10.1. The van der Waals surface area contributed by atoms with Crippen LogP contribution in [0.3, 0.4) is 0 Å². The van der Waals surface area contributed by atoms with E-state index in [4.69, 9.17) is 14.2 Å². The zero-order valence-corrected chi connectivity index (χ0v) is 41.7. The quantitative estimate of drug-likeness (QED) is 0.0199. The van der Waals surface area contributed by atoms with Crippen LogP contribution in [0.25, 0.3) is 0 Å². The van der Waals surface area contributed by atoms with Gasteiger partial charge >= 0.3 is 17.9 Å². The van der Waals surface area contributed by atoms with Crippen molar-refractivity contribution in [2.45, 2.75) is 219 Å². The van der Waals surface area contributed by atoms with Crippen LogP contribution < -0.4 is 0 Å². The summed E-state index contributed by atoms with van der Waals surface area (Å²) in [5.41, 5.74) is 0. The highest BCUT2D eigenvalue weighted by molar-refractivity contribution is 5.71. The number of unbranched alkanes of at least 4 members (excludes halogenated alkanes) is 17. The second kappa shape index (κ2) is 52.4. The molecule has 0 amide bonds. The van der Waals surface area contributed by atoms with Crippen molar-refractivity contribution in [1.82, 2.24) is 0 Å². The van der Waals surface area contributed by atoms with E-state index in [2.05, 4.69) is 106 Å². The molecule has 65 heavy (non-hydrogen) atoms. The molecule has 0 saturated heterocycles. The lowest BCUT2D eigenvalue weighted by Crippen LogP contribution is -2.30. The predicted molar refractivity (Wildman–Crippen MR) is 279 cm³/mol. The highest BCUT2D eigenvalue weighted by Crippen LogP contribution is 2.13. The van der Waals surface area contributed by atoms with Crippen molar-refractivity contribution in [3.05, 3.63) is 122 Å². The molecule has 1 unspecified atom stereocenters. The molecule has 0 aromatic carbocycles. The van der Waals surface area contributed by atoms with Crippen molar-refractivity contribution in [1.29, 1.82) is 0 Å². The normalized spacial score (nSPS) is 13.1. The Kier molecular flexibility index (Phi) is 49.1. The van der Waals surface area contributed by atoms with Crippen molar-refractivity contribution < 1.29 is 28.6 Å². The monoisotopic (exact) mass is 899 g/mol. The Morgan fingerprint density at radius 3 is 1.22 bits per heavy atom. The van der Waals surface area contributed by atoms with Crippen LogP contribution in [0.15, 0.2) is 122 Å². The van der Waals surface area contributed by atoms with E-state index in [1.165, 1.54) is 57.8 Å². The smallest absolute Gasteiger partial charge is 0.306 e. The maximum absolute atomic E-state index is 12.8. The molecule has 6 nitrogen and oxygen atoms in total. The van der Waals surface area contributed by atoms with Crippen LogP contribution in [0.5, 0.6) is 0 Å². The van der Waals surface area contributed by atoms with Crippen LogP contribution >= 0.6 is 0 Å². The summed E-state index contributed by atoms with van der Waals surface area (Å²) in [5, 5.41) is 0. The molecule has 0 saturated carbocycles. The van der Waals surface area contributed by atoms with Crippen molar-refractivity contribution in [2.75, 3.05) is 13.2 Å². The number of hydrogen-bond acceptors (Lipinski definition) is 6. The van der Waals surface area contributed by atoms with Gasteiger partial charge in [-0.05, 0) is 96.3 Å². The molecule has 0 aliphatic rings. The fraction of sp³-hybridized carbons (Fsp3) is 0.610. The van der Waals surface area contributed by atoms with E-state index in [1.807, 2.05) is 36.5 Å². The van der Waals surface area contributed by atoms with Gasteiger partial charge in [0.15, 0.2) is 6.10 Å². The predicted octanol–water partition coefficient (Wildman–Crippen LogP) is 17.3. The number of allylic oxidation sites excluding steroid dienone is 20. The van der Waals surface area contributed by atoms with Gasteiger partial charge in [-0.2, -0.15) is 0 Å². The van der Waals surface area contributed by atoms with Gasteiger partial charge < -0.3 is 14.2 Å². The molecule has 0 aliphatic carbocycles. The van der Waals surface area contributed by atoms with Crippen molar-refractivity contribution >= 4 is 17.9 Å². The standard InChI is InChI=1S/C59H94O6/c1-4-7-10-13-16-19-22-25-28-31-34-37-40-43-46-49-52-58(61)64-55-56(54-63-57(60)51-48-45-42-39-36-33-30-27-24-21-18-15-12-9-6-3)65-59(62)53-50-47-44-41-38-35-32-29-26-23-20-17-14-11-8-5-2/h7,9-10,12,15-16,18-19,21,24-25,27-30,32,34,37,43,46,56H,4-6,8,11,13-14,17,20,22-23,26,31,33,35-36,38-42,44-45,47-55H2,1-3H3/b10-7-,12-9-,18-15-,19-16-,24-21-,28-25-,30-27-,32-29-,37-34-,46-43-. The van der Waals surface area contributed by atoms with E-state index in [1.54, 1.807) is 0 Å². The third-order valence-electron chi connectivity index (χ3n) is 10.5. The van der Waals surface area contributed by atoms with Crippen LogP contribution in [0.1, 0.15) is 213 Å². The number of carbonyl (C=O) groups excluding carboxylic acids is 3. The molecule has 0 aromatic heterocycles. The van der Waals surface area contributed by atoms with E-state index in [9.17, 15) is 14.4 Å². The molecule has 1 atom stereocenters. The van der Waals surface area contributed by atoms with E-state index in [0.717, 1.165) is 109 Å². The first kappa shape index (κ1) is 60.8. The fourth-order valence-electron chi connectivity index (χ4n) is 6.67. The molecule has 366 valence electrons. The Morgan fingerprint density at radius 1 is 0.338 bits per heavy atom. The Hall–Kier alpha value is -4.19. The van der Waals surface area contributed by atoms with Gasteiger partial charge in [0.2, 0.25) is 0 Å². The topological polar surface area (TPSA) is 78.9 Å². The Morgan fingerprint density at radius 2 is 0.708 bits per heavy atom. The number of esters is 3. The molecule has 0 aliphatic heterocycles. The molecular weight excluding hydrogens is 805 g/mol. The molecular formula is C59H94O6.